The van der Waals surface area contributed by atoms with Crippen molar-refractivity contribution in [2.45, 2.75) is 14.7 Å². The van der Waals surface area contributed by atoms with Gasteiger partial charge in [0.2, 0.25) is 0 Å². The molecule has 3 aromatic carbocycles. The third-order valence-corrected chi connectivity index (χ3v) is 6.63. The van der Waals surface area contributed by atoms with E-state index in [4.69, 9.17) is 5.73 Å². The molecule has 0 heterocycles. The van der Waals surface area contributed by atoms with Crippen molar-refractivity contribution < 1.29 is 128 Å². The summed E-state index contributed by atoms with van der Waals surface area (Å²) >= 11 is 0. The molecule has 0 aliphatic rings. The quantitative estimate of drug-likeness (QED) is 0.136. The first-order valence-corrected chi connectivity index (χ1v) is 12.2. The van der Waals surface area contributed by atoms with Gasteiger partial charge < -0.3 is 19.4 Å². The Balaban J connectivity index is 0.00000363. The molecule has 0 saturated carbocycles. The fourth-order valence-corrected chi connectivity index (χ4v) is 4.44. The minimum absolute atomic E-state index is 0. The van der Waals surface area contributed by atoms with Gasteiger partial charge in [0.15, 0.2) is 0 Å². The van der Waals surface area contributed by atoms with E-state index in [0.717, 1.165) is 36.4 Å². The van der Waals surface area contributed by atoms with Crippen molar-refractivity contribution in [3.63, 3.8) is 0 Å². The van der Waals surface area contributed by atoms with Gasteiger partial charge in [-0.2, -0.15) is 0 Å². The number of rotatable bonds is 5. The van der Waals surface area contributed by atoms with E-state index < -0.39 is 56.4 Å². The van der Waals surface area contributed by atoms with Crippen molar-refractivity contribution in [2.75, 3.05) is 5.73 Å². The monoisotopic (exact) mass is 553 g/mol. The second kappa shape index (κ2) is 12.5. The molecule has 0 radical (unpaired) electrons. The van der Waals surface area contributed by atoms with Crippen LogP contribution in [0.3, 0.4) is 0 Å². The first kappa shape index (κ1) is 34.0. The summed E-state index contributed by atoms with van der Waals surface area (Å²) in [5.41, 5.74) is 4.30. The van der Waals surface area contributed by atoms with Gasteiger partial charge in [-0.15, -0.1) is 10.2 Å². The molecule has 0 aliphatic heterocycles. The maximum absolute atomic E-state index is 11.6. The summed E-state index contributed by atoms with van der Waals surface area (Å²) in [5.74, 6) is 0. The molecule has 0 atom stereocenters. The fourth-order valence-electron chi connectivity index (χ4n) is 2.68. The normalized spacial score (nSPS) is 12.0. The topological polar surface area (TPSA) is 222 Å². The van der Waals surface area contributed by atoms with Crippen LogP contribution in [0.15, 0.2) is 73.4 Å². The number of anilines is 1. The molecule has 0 saturated heterocycles. The van der Waals surface area contributed by atoms with E-state index in [1.165, 1.54) is 12.1 Å². The van der Waals surface area contributed by atoms with Crippen LogP contribution in [0.2, 0.25) is 0 Å². The van der Waals surface area contributed by atoms with Crippen LogP contribution in [0, 0.1) is 0 Å². The summed E-state index contributed by atoms with van der Waals surface area (Å²) in [6.07, 6.45) is 0. The Morgan fingerprint density at radius 1 is 0.676 bits per heavy atom. The van der Waals surface area contributed by atoms with Gasteiger partial charge in [-0.3, -0.25) is 0 Å². The summed E-state index contributed by atoms with van der Waals surface area (Å²) in [6, 6.07) is 8.33. The van der Waals surface area contributed by atoms with Crippen molar-refractivity contribution in [2.24, 2.45) is 10.2 Å². The minimum atomic E-state index is -5.16. The first-order chi connectivity index (χ1) is 14.2. The molecule has 3 aromatic rings. The molecular formula is C16H10N3Na3O9S3. The van der Waals surface area contributed by atoms with E-state index in [1.807, 2.05) is 0 Å². The predicted octanol–water partition coefficient (Wildman–Crippen LogP) is -7.44. The number of nitrogens with two attached hydrogens (primary N) is 1. The van der Waals surface area contributed by atoms with Gasteiger partial charge in [-0.1, -0.05) is 18.2 Å². The number of benzene rings is 3. The molecule has 18 heteroatoms. The number of hydrogen-bond donors (Lipinski definition) is 1. The van der Waals surface area contributed by atoms with Crippen molar-refractivity contribution in [3.8, 4) is 0 Å². The Bertz CT molecular complexity index is 1580. The van der Waals surface area contributed by atoms with E-state index >= 15 is 0 Å². The summed E-state index contributed by atoms with van der Waals surface area (Å²) in [6.45, 7) is 0. The fraction of sp³-hybridized carbons (Fsp3) is 0. The molecule has 3 rings (SSSR count). The smallest absolute Gasteiger partial charge is 0.744 e. The maximum atomic E-state index is 11.6. The van der Waals surface area contributed by atoms with Crippen LogP contribution in [-0.2, 0) is 30.4 Å². The maximum Gasteiger partial charge on any atom is 1.00 e. The summed E-state index contributed by atoms with van der Waals surface area (Å²) in [7, 11) is -15.0. The number of hydrogen-bond acceptors (Lipinski definition) is 12. The largest absolute Gasteiger partial charge is 1.00 e. The van der Waals surface area contributed by atoms with Crippen molar-refractivity contribution in [1.29, 1.82) is 0 Å². The predicted molar refractivity (Wildman–Crippen MR) is 103 cm³/mol. The molecule has 0 unspecified atom stereocenters. The van der Waals surface area contributed by atoms with E-state index in [0.29, 0.717) is 0 Å². The third-order valence-electron chi connectivity index (χ3n) is 4.04. The summed E-state index contributed by atoms with van der Waals surface area (Å²) in [5, 5.41) is 7.17. The number of nitrogens with zero attached hydrogens (tertiary/aromatic N) is 2. The molecule has 0 bridgehead atoms. The third kappa shape index (κ3) is 7.77. The van der Waals surface area contributed by atoms with Crippen molar-refractivity contribution >= 4 is 58.2 Å². The van der Waals surface area contributed by atoms with Crippen LogP contribution in [-0.4, -0.2) is 38.9 Å². The van der Waals surface area contributed by atoms with E-state index in [9.17, 15) is 38.9 Å². The molecular weight excluding hydrogens is 543 g/mol. The average Bonchev–Trinajstić information content (AvgIpc) is 2.64. The SMILES string of the molecule is Nc1c(S(=O)(=O)[O-])cc2cc(S(=O)(=O)[O-])ccc2c1N=Nc1ccccc1S(=O)(=O)[O-].[Na+].[Na+].[Na+]. The Labute approximate surface area is 261 Å². The number of azo groups is 1. The van der Waals surface area contributed by atoms with Crippen molar-refractivity contribution in [1.82, 2.24) is 0 Å². The molecule has 0 aliphatic carbocycles. The zero-order chi connectivity index (χ0) is 23.2. The second-order valence-electron chi connectivity index (χ2n) is 6.05. The van der Waals surface area contributed by atoms with E-state index in [1.54, 1.807) is 0 Å². The summed E-state index contributed by atoms with van der Waals surface area (Å²) in [4.78, 5) is -2.38. The van der Waals surface area contributed by atoms with Gasteiger partial charge in [0, 0.05) is 5.39 Å². The molecule has 0 fully saturated rings. The molecule has 2 N–H and O–H groups in total. The van der Waals surface area contributed by atoms with Gasteiger partial charge in [0.25, 0.3) is 0 Å². The van der Waals surface area contributed by atoms with Crippen LogP contribution in [0.4, 0.5) is 17.1 Å². The van der Waals surface area contributed by atoms with Gasteiger partial charge in [0.1, 0.15) is 41.7 Å². The van der Waals surface area contributed by atoms with Gasteiger partial charge in [-0.25, -0.2) is 25.3 Å². The Kier molecular flexibility index (Phi) is 12.5. The van der Waals surface area contributed by atoms with Crippen LogP contribution in [0.1, 0.15) is 0 Å². The molecule has 164 valence electrons. The minimum Gasteiger partial charge on any atom is -0.744 e. The molecule has 0 amide bonds. The van der Waals surface area contributed by atoms with Gasteiger partial charge in [0.05, 0.1) is 20.4 Å². The number of fused-ring (bicyclic) bond motifs is 1. The second-order valence-corrected chi connectivity index (χ2v) is 10.1. The Morgan fingerprint density at radius 2 is 1.24 bits per heavy atom. The van der Waals surface area contributed by atoms with E-state index in [2.05, 4.69) is 10.2 Å². The van der Waals surface area contributed by atoms with E-state index in [-0.39, 0.29) is 105 Å². The van der Waals surface area contributed by atoms with Crippen LogP contribution in [0.25, 0.3) is 10.8 Å². The first-order valence-electron chi connectivity index (χ1n) is 7.94. The zero-order valence-electron chi connectivity index (χ0n) is 18.0. The van der Waals surface area contributed by atoms with Crippen molar-refractivity contribution in [3.05, 3.63) is 48.5 Å². The van der Waals surface area contributed by atoms with Crippen LogP contribution in [0.5, 0.6) is 0 Å². The number of nitrogen functional groups attached to an aromatic ring is 1. The average molecular weight is 553 g/mol. The van der Waals surface area contributed by atoms with Gasteiger partial charge >= 0.3 is 88.7 Å². The summed E-state index contributed by atoms with van der Waals surface area (Å²) < 4.78 is 103. The van der Waals surface area contributed by atoms with Crippen LogP contribution >= 0.6 is 0 Å². The standard InChI is InChI=1S/C16H13N3O9S3.3Na/c17-15-14(31(26,27)28)8-9-7-10(29(20,21)22)5-6-11(9)16(15)19-18-12-3-1-2-4-13(12)30(23,24)25;;;/h1-8H,17H2,(H,20,21,22)(H,23,24,25)(H,26,27,28);;;/q;3*+1/p-3. The molecule has 12 nitrogen and oxygen atoms in total. The molecule has 34 heavy (non-hydrogen) atoms. The molecule has 0 spiro atoms. The van der Waals surface area contributed by atoms with Gasteiger partial charge in [-0.05, 0) is 35.7 Å². The van der Waals surface area contributed by atoms with Crippen LogP contribution < -0.4 is 94.4 Å². The Morgan fingerprint density at radius 3 is 1.76 bits per heavy atom. The Hall–Kier alpha value is 0.0500. The molecule has 0 aromatic heterocycles. The zero-order valence-corrected chi connectivity index (χ0v) is 26.4.